The molecule has 1 saturated heterocycles. The number of hydrogen-bond donors (Lipinski definition) is 0. The van der Waals surface area contributed by atoms with Gasteiger partial charge in [0.05, 0.1) is 0 Å². The van der Waals surface area contributed by atoms with Gasteiger partial charge in [-0.25, -0.2) is 4.79 Å². The maximum atomic E-state index is 12.4. The summed E-state index contributed by atoms with van der Waals surface area (Å²) in [6.45, 7) is 9.48. The second-order valence-electron chi connectivity index (χ2n) is 9.54. The van der Waals surface area contributed by atoms with Gasteiger partial charge >= 0.3 is 6.09 Å². The average Bonchev–Trinajstić information content (AvgIpc) is 2.72. The van der Waals surface area contributed by atoms with Crippen molar-refractivity contribution in [2.45, 2.75) is 57.7 Å². The molecule has 5 nitrogen and oxygen atoms in total. The van der Waals surface area contributed by atoms with Crippen molar-refractivity contribution in [1.82, 2.24) is 4.90 Å². The zero-order chi connectivity index (χ0) is 22.2. The lowest BCUT2D eigenvalue weighted by Gasteiger charge is -2.38. The average molecular weight is 444 g/mol. The number of benzene rings is 2. The topological polar surface area (TPSA) is 48.0 Å². The van der Waals surface area contributed by atoms with Crippen LogP contribution in [0.5, 0.6) is 11.5 Å². The quantitative estimate of drug-likeness (QED) is 0.559. The van der Waals surface area contributed by atoms with Crippen LogP contribution in [0.1, 0.15) is 57.6 Å². The zero-order valence-corrected chi connectivity index (χ0v) is 19.4. The number of hydrogen-bond acceptors (Lipinski definition) is 4. The number of amides is 1. The molecule has 4 rings (SSSR count). The number of rotatable bonds is 2. The minimum Gasteiger partial charge on any atom is -0.485 e. The normalized spacial score (nSPS) is 21.6. The number of fused-ring (bicyclic) bond motifs is 1. The van der Waals surface area contributed by atoms with E-state index in [1.165, 1.54) is 0 Å². The van der Waals surface area contributed by atoms with E-state index in [9.17, 15) is 4.79 Å². The molecule has 0 radical (unpaired) electrons. The predicted octanol–water partition coefficient (Wildman–Crippen LogP) is 6.14. The van der Waals surface area contributed by atoms with Crippen LogP contribution in [0.25, 0.3) is 0 Å². The Morgan fingerprint density at radius 3 is 2.45 bits per heavy atom. The molecule has 0 bridgehead atoms. The number of para-hydroxylation sites is 1. The van der Waals surface area contributed by atoms with Crippen LogP contribution in [0.4, 0.5) is 4.79 Å². The second kappa shape index (κ2) is 8.27. The lowest BCUT2D eigenvalue weighted by molar-refractivity contribution is 0.000973. The van der Waals surface area contributed by atoms with E-state index in [-0.39, 0.29) is 6.09 Å². The third-order valence-electron chi connectivity index (χ3n) is 5.88. The van der Waals surface area contributed by atoms with Crippen molar-refractivity contribution in [1.29, 1.82) is 0 Å². The summed E-state index contributed by atoms with van der Waals surface area (Å²) in [4.78, 5) is 14.2. The largest absolute Gasteiger partial charge is 0.485 e. The van der Waals surface area contributed by atoms with Gasteiger partial charge in [0, 0.05) is 23.7 Å². The summed E-state index contributed by atoms with van der Waals surface area (Å²) in [5.41, 5.74) is 1.13. The maximum Gasteiger partial charge on any atom is 0.410 e. The molecule has 0 spiro atoms. The number of ether oxygens (including phenoxy) is 3. The molecule has 1 amide bonds. The SMILES string of the molecule is CC(C)(C)OC(=O)N1CCC(c2cccc3c2OCC(C)(c2ccc(Cl)cc2)O3)CC1. The summed E-state index contributed by atoms with van der Waals surface area (Å²) in [7, 11) is 0. The molecular formula is C25H30ClNO4. The smallest absolute Gasteiger partial charge is 0.410 e. The van der Waals surface area contributed by atoms with Crippen LogP contribution in [0.3, 0.4) is 0 Å². The molecule has 0 aromatic heterocycles. The highest BCUT2D eigenvalue weighted by Crippen LogP contribution is 2.45. The molecule has 2 aliphatic rings. The zero-order valence-electron chi connectivity index (χ0n) is 18.6. The van der Waals surface area contributed by atoms with Crippen molar-refractivity contribution in [3.8, 4) is 11.5 Å². The second-order valence-corrected chi connectivity index (χ2v) is 9.98. The Morgan fingerprint density at radius 1 is 1.13 bits per heavy atom. The fourth-order valence-electron chi connectivity index (χ4n) is 4.22. The molecule has 0 saturated carbocycles. The van der Waals surface area contributed by atoms with Crippen LogP contribution in [0, 0.1) is 0 Å². The summed E-state index contributed by atoms with van der Waals surface area (Å²) in [5, 5.41) is 0.699. The molecule has 2 heterocycles. The third kappa shape index (κ3) is 4.77. The Balaban J connectivity index is 1.47. The molecule has 2 aliphatic heterocycles. The van der Waals surface area contributed by atoms with Crippen LogP contribution in [-0.2, 0) is 10.3 Å². The Hall–Kier alpha value is -2.40. The highest BCUT2D eigenvalue weighted by Gasteiger charge is 2.37. The van der Waals surface area contributed by atoms with Crippen LogP contribution < -0.4 is 9.47 Å². The van der Waals surface area contributed by atoms with E-state index < -0.39 is 11.2 Å². The van der Waals surface area contributed by atoms with Gasteiger partial charge in [0.2, 0.25) is 0 Å². The van der Waals surface area contributed by atoms with Crippen LogP contribution >= 0.6 is 11.6 Å². The molecule has 6 heteroatoms. The van der Waals surface area contributed by atoms with Gasteiger partial charge in [0.25, 0.3) is 0 Å². The standard InChI is InChI=1S/C25H30ClNO4/c1-24(2,3)31-23(28)27-14-12-17(13-15-27)20-6-5-7-21-22(20)29-16-25(4,30-21)18-8-10-19(26)11-9-18/h5-11,17H,12-16H2,1-4H3. The number of piperidine rings is 1. The van der Waals surface area contributed by atoms with Gasteiger partial charge in [0.1, 0.15) is 12.2 Å². The molecule has 2 aromatic rings. The fourth-order valence-corrected chi connectivity index (χ4v) is 4.34. The summed E-state index contributed by atoms with van der Waals surface area (Å²) < 4.78 is 18.2. The van der Waals surface area contributed by atoms with Gasteiger partial charge in [-0.05, 0) is 70.2 Å². The molecule has 1 atom stereocenters. The van der Waals surface area contributed by atoms with E-state index in [0.717, 1.165) is 35.5 Å². The van der Waals surface area contributed by atoms with Gasteiger partial charge in [0.15, 0.2) is 17.1 Å². The number of nitrogens with zero attached hydrogens (tertiary/aromatic N) is 1. The van der Waals surface area contributed by atoms with E-state index >= 15 is 0 Å². The lowest BCUT2D eigenvalue weighted by Crippen LogP contribution is -2.42. The highest BCUT2D eigenvalue weighted by atomic mass is 35.5. The molecule has 1 fully saturated rings. The van der Waals surface area contributed by atoms with E-state index in [2.05, 4.69) is 6.07 Å². The Kier molecular flexibility index (Phi) is 5.82. The first-order valence-electron chi connectivity index (χ1n) is 10.8. The fraction of sp³-hybridized carbons (Fsp3) is 0.480. The molecule has 2 aromatic carbocycles. The monoisotopic (exact) mass is 443 g/mol. The number of carbonyl (C=O) groups is 1. The van der Waals surface area contributed by atoms with Gasteiger partial charge < -0.3 is 19.1 Å². The van der Waals surface area contributed by atoms with Crippen molar-refractivity contribution in [3.05, 3.63) is 58.6 Å². The van der Waals surface area contributed by atoms with Crippen LogP contribution in [0.15, 0.2) is 42.5 Å². The first-order valence-corrected chi connectivity index (χ1v) is 11.2. The molecule has 166 valence electrons. The number of halogens is 1. The lowest BCUT2D eigenvalue weighted by atomic mass is 9.88. The van der Waals surface area contributed by atoms with E-state index in [4.69, 9.17) is 25.8 Å². The minimum atomic E-state index is -0.573. The Labute approximate surface area is 189 Å². The molecule has 0 N–H and O–H groups in total. The van der Waals surface area contributed by atoms with Crippen molar-refractivity contribution < 1.29 is 19.0 Å². The van der Waals surface area contributed by atoms with Crippen LogP contribution in [0.2, 0.25) is 5.02 Å². The van der Waals surface area contributed by atoms with Crippen molar-refractivity contribution in [3.63, 3.8) is 0 Å². The molecule has 31 heavy (non-hydrogen) atoms. The first kappa shape index (κ1) is 21.8. The van der Waals surface area contributed by atoms with E-state index in [1.807, 2.05) is 64.1 Å². The van der Waals surface area contributed by atoms with Crippen molar-refractivity contribution in [2.24, 2.45) is 0 Å². The third-order valence-corrected chi connectivity index (χ3v) is 6.13. The number of carbonyl (C=O) groups excluding carboxylic acids is 1. The summed E-state index contributed by atoms with van der Waals surface area (Å²) >= 11 is 6.04. The highest BCUT2D eigenvalue weighted by molar-refractivity contribution is 6.30. The molecule has 0 aliphatic carbocycles. The predicted molar refractivity (Wildman–Crippen MR) is 121 cm³/mol. The Bertz CT molecular complexity index is 945. The van der Waals surface area contributed by atoms with Gasteiger partial charge in [-0.1, -0.05) is 35.9 Å². The minimum absolute atomic E-state index is 0.237. The summed E-state index contributed by atoms with van der Waals surface area (Å²) in [5.74, 6) is 1.90. The van der Waals surface area contributed by atoms with Gasteiger partial charge in [-0.2, -0.15) is 0 Å². The molecule has 1 unspecified atom stereocenters. The van der Waals surface area contributed by atoms with Crippen molar-refractivity contribution >= 4 is 17.7 Å². The maximum absolute atomic E-state index is 12.4. The van der Waals surface area contributed by atoms with Crippen LogP contribution in [-0.4, -0.2) is 36.3 Å². The summed E-state index contributed by atoms with van der Waals surface area (Å²) in [6.07, 6.45) is 1.50. The molecular weight excluding hydrogens is 414 g/mol. The van der Waals surface area contributed by atoms with Gasteiger partial charge in [-0.3, -0.25) is 0 Å². The van der Waals surface area contributed by atoms with Gasteiger partial charge in [-0.15, -0.1) is 0 Å². The van der Waals surface area contributed by atoms with E-state index in [0.29, 0.717) is 30.6 Å². The summed E-state index contributed by atoms with van der Waals surface area (Å²) in [6, 6.07) is 13.8. The first-order chi connectivity index (χ1) is 14.6. The number of likely N-dealkylation sites (tertiary alicyclic amines) is 1. The Morgan fingerprint density at radius 2 is 1.81 bits per heavy atom. The van der Waals surface area contributed by atoms with E-state index in [1.54, 1.807) is 4.90 Å². The van der Waals surface area contributed by atoms with Crippen molar-refractivity contribution in [2.75, 3.05) is 19.7 Å².